The van der Waals surface area contributed by atoms with Crippen molar-refractivity contribution >= 4 is 17.2 Å². The quantitative estimate of drug-likeness (QED) is 0.906. The molecule has 0 spiro atoms. The number of rotatable bonds is 4. The monoisotopic (exact) mass is 291 g/mol. The molecule has 0 radical (unpaired) electrons. The van der Waals surface area contributed by atoms with E-state index in [1.165, 1.54) is 27.8 Å². The van der Waals surface area contributed by atoms with Crippen molar-refractivity contribution in [3.05, 3.63) is 56.5 Å². The standard InChI is InChI=1S/C16H18FNOS/c1-4-13-8-15(20-11(13)3)16(19)18-9-12-5-6-14(17)10(2)7-12/h5-8H,4,9H2,1-3H3,(H,18,19). The van der Waals surface area contributed by atoms with E-state index in [9.17, 15) is 9.18 Å². The van der Waals surface area contributed by atoms with Gasteiger partial charge in [0.25, 0.3) is 5.91 Å². The summed E-state index contributed by atoms with van der Waals surface area (Å²) >= 11 is 1.52. The third kappa shape index (κ3) is 3.25. The van der Waals surface area contributed by atoms with Gasteiger partial charge in [-0.05, 0) is 49.1 Å². The Bertz CT molecular complexity index is 633. The van der Waals surface area contributed by atoms with Crippen LogP contribution in [0.25, 0.3) is 0 Å². The lowest BCUT2D eigenvalue weighted by Crippen LogP contribution is -2.21. The minimum Gasteiger partial charge on any atom is -0.347 e. The first-order valence-corrected chi connectivity index (χ1v) is 7.45. The highest BCUT2D eigenvalue weighted by molar-refractivity contribution is 7.14. The summed E-state index contributed by atoms with van der Waals surface area (Å²) in [4.78, 5) is 14.0. The number of amides is 1. The van der Waals surface area contributed by atoms with Gasteiger partial charge >= 0.3 is 0 Å². The van der Waals surface area contributed by atoms with Crippen LogP contribution in [-0.2, 0) is 13.0 Å². The molecule has 0 aliphatic carbocycles. The zero-order valence-corrected chi connectivity index (χ0v) is 12.7. The fraction of sp³-hybridized carbons (Fsp3) is 0.312. The van der Waals surface area contributed by atoms with Crippen LogP contribution in [0.2, 0.25) is 0 Å². The Balaban J connectivity index is 2.02. The summed E-state index contributed by atoms with van der Waals surface area (Å²) in [5.41, 5.74) is 2.72. The molecular weight excluding hydrogens is 273 g/mol. The minimum atomic E-state index is -0.221. The van der Waals surface area contributed by atoms with E-state index < -0.39 is 0 Å². The summed E-state index contributed by atoms with van der Waals surface area (Å²) < 4.78 is 13.2. The third-order valence-corrected chi connectivity index (χ3v) is 4.39. The Morgan fingerprint density at radius 2 is 2.05 bits per heavy atom. The Morgan fingerprint density at radius 1 is 1.30 bits per heavy atom. The predicted molar refractivity (Wildman–Crippen MR) is 80.7 cm³/mol. The highest BCUT2D eigenvalue weighted by Gasteiger charge is 2.11. The van der Waals surface area contributed by atoms with Gasteiger partial charge in [-0.3, -0.25) is 4.79 Å². The Labute approximate surface area is 122 Å². The summed E-state index contributed by atoms with van der Waals surface area (Å²) in [5.74, 6) is -0.290. The minimum absolute atomic E-state index is 0.0696. The molecule has 106 valence electrons. The molecule has 2 rings (SSSR count). The molecule has 1 heterocycles. The van der Waals surface area contributed by atoms with Gasteiger partial charge in [0.15, 0.2) is 0 Å². The molecule has 0 fully saturated rings. The van der Waals surface area contributed by atoms with Crippen molar-refractivity contribution in [2.75, 3.05) is 0 Å². The molecule has 0 saturated heterocycles. The number of carbonyl (C=O) groups is 1. The van der Waals surface area contributed by atoms with Crippen molar-refractivity contribution in [3.63, 3.8) is 0 Å². The van der Waals surface area contributed by atoms with E-state index in [-0.39, 0.29) is 11.7 Å². The lowest BCUT2D eigenvalue weighted by Gasteiger charge is -2.05. The normalized spacial score (nSPS) is 10.6. The molecule has 2 nitrogen and oxygen atoms in total. The van der Waals surface area contributed by atoms with Crippen LogP contribution in [0.5, 0.6) is 0 Å². The Kier molecular flexibility index (Phi) is 4.55. The number of hydrogen-bond acceptors (Lipinski definition) is 2. The van der Waals surface area contributed by atoms with Gasteiger partial charge in [0, 0.05) is 11.4 Å². The number of thiophene rings is 1. The molecule has 1 aromatic heterocycles. The Morgan fingerprint density at radius 3 is 2.65 bits per heavy atom. The van der Waals surface area contributed by atoms with E-state index in [1.807, 2.05) is 13.0 Å². The fourth-order valence-corrected chi connectivity index (χ4v) is 3.10. The molecule has 0 aliphatic rings. The number of halogens is 1. The predicted octanol–water partition coefficient (Wildman–Crippen LogP) is 4.00. The van der Waals surface area contributed by atoms with Crippen molar-refractivity contribution in [1.82, 2.24) is 5.32 Å². The van der Waals surface area contributed by atoms with E-state index in [0.717, 1.165) is 16.9 Å². The number of nitrogens with one attached hydrogen (secondary N) is 1. The smallest absolute Gasteiger partial charge is 0.261 e. The molecule has 0 aliphatic heterocycles. The van der Waals surface area contributed by atoms with Crippen LogP contribution in [0, 0.1) is 19.7 Å². The molecule has 1 amide bonds. The second kappa shape index (κ2) is 6.18. The van der Waals surface area contributed by atoms with Gasteiger partial charge < -0.3 is 5.32 Å². The largest absolute Gasteiger partial charge is 0.347 e. The molecule has 4 heteroatoms. The summed E-state index contributed by atoms with van der Waals surface area (Å²) in [6.07, 6.45) is 0.937. The van der Waals surface area contributed by atoms with Crippen LogP contribution in [0.3, 0.4) is 0 Å². The summed E-state index contributed by atoms with van der Waals surface area (Å²) in [7, 11) is 0. The zero-order chi connectivity index (χ0) is 14.7. The van der Waals surface area contributed by atoms with Crippen LogP contribution >= 0.6 is 11.3 Å². The van der Waals surface area contributed by atoms with E-state index in [4.69, 9.17) is 0 Å². The highest BCUT2D eigenvalue weighted by atomic mass is 32.1. The molecule has 2 aromatic rings. The van der Waals surface area contributed by atoms with E-state index >= 15 is 0 Å². The topological polar surface area (TPSA) is 29.1 Å². The number of hydrogen-bond donors (Lipinski definition) is 1. The SMILES string of the molecule is CCc1cc(C(=O)NCc2ccc(F)c(C)c2)sc1C. The molecular formula is C16H18FNOS. The third-order valence-electron chi connectivity index (χ3n) is 3.30. The van der Waals surface area contributed by atoms with Gasteiger partial charge in [-0.25, -0.2) is 4.39 Å². The van der Waals surface area contributed by atoms with Crippen LogP contribution in [0.4, 0.5) is 4.39 Å². The van der Waals surface area contributed by atoms with Crippen molar-refractivity contribution in [3.8, 4) is 0 Å². The van der Waals surface area contributed by atoms with Crippen molar-refractivity contribution in [2.24, 2.45) is 0 Å². The summed E-state index contributed by atoms with van der Waals surface area (Å²) in [5, 5.41) is 2.88. The average Bonchev–Trinajstić information content (AvgIpc) is 2.81. The lowest BCUT2D eigenvalue weighted by molar-refractivity contribution is 0.0955. The zero-order valence-electron chi connectivity index (χ0n) is 11.9. The van der Waals surface area contributed by atoms with Crippen LogP contribution in [-0.4, -0.2) is 5.91 Å². The lowest BCUT2D eigenvalue weighted by atomic mass is 10.1. The number of carbonyl (C=O) groups excluding carboxylic acids is 1. The molecule has 1 N–H and O–H groups in total. The van der Waals surface area contributed by atoms with Crippen LogP contribution in [0.1, 0.15) is 38.2 Å². The Hall–Kier alpha value is -1.68. The van der Waals surface area contributed by atoms with Crippen LogP contribution < -0.4 is 5.32 Å². The second-order valence-electron chi connectivity index (χ2n) is 4.81. The van der Waals surface area contributed by atoms with Gasteiger partial charge in [0.2, 0.25) is 0 Å². The van der Waals surface area contributed by atoms with Gasteiger partial charge in [0.1, 0.15) is 5.82 Å². The van der Waals surface area contributed by atoms with Gasteiger partial charge in [-0.2, -0.15) is 0 Å². The van der Waals surface area contributed by atoms with E-state index in [2.05, 4.69) is 12.2 Å². The van der Waals surface area contributed by atoms with Crippen LogP contribution in [0.15, 0.2) is 24.3 Å². The maximum Gasteiger partial charge on any atom is 0.261 e. The van der Waals surface area contributed by atoms with Crippen molar-refractivity contribution in [1.29, 1.82) is 0 Å². The first kappa shape index (κ1) is 14.7. The fourth-order valence-electron chi connectivity index (χ4n) is 2.07. The maximum absolute atomic E-state index is 13.2. The summed E-state index contributed by atoms with van der Waals surface area (Å²) in [6, 6.07) is 6.83. The van der Waals surface area contributed by atoms with Crippen molar-refractivity contribution < 1.29 is 9.18 Å². The molecule has 20 heavy (non-hydrogen) atoms. The first-order chi connectivity index (χ1) is 9.51. The molecule has 0 bridgehead atoms. The van der Waals surface area contributed by atoms with Gasteiger partial charge in [-0.1, -0.05) is 19.1 Å². The number of aryl methyl sites for hydroxylation is 3. The molecule has 1 aromatic carbocycles. The molecule has 0 atom stereocenters. The number of benzene rings is 1. The maximum atomic E-state index is 13.2. The van der Waals surface area contributed by atoms with Crippen molar-refractivity contribution in [2.45, 2.75) is 33.7 Å². The van der Waals surface area contributed by atoms with E-state index in [1.54, 1.807) is 19.1 Å². The second-order valence-corrected chi connectivity index (χ2v) is 6.07. The highest BCUT2D eigenvalue weighted by Crippen LogP contribution is 2.22. The summed E-state index contributed by atoms with van der Waals surface area (Å²) in [6.45, 7) is 6.25. The average molecular weight is 291 g/mol. The van der Waals surface area contributed by atoms with Gasteiger partial charge in [-0.15, -0.1) is 11.3 Å². The first-order valence-electron chi connectivity index (χ1n) is 6.63. The van der Waals surface area contributed by atoms with E-state index in [0.29, 0.717) is 12.1 Å². The molecule has 0 saturated carbocycles. The van der Waals surface area contributed by atoms with Gasteiger partial charge in [0.05, 0.1) is 4.88 Å². The molecule has 0 unspecified atom stereocenters.